The zero-order valence-corrected chi connectivity index (χ0v) is 16.2. The van der Waals surface area contributed by atoms with E-state index in [9.17, 15) is 4.79 Å². The molecule has 3 fully saturated rings. The van der Waals surface area contributed by atoms with Gasteiger partial charge >= 0.3 is 0 Å². The second kappa shape index (κ2) is 9.20. The largest absolute Gasteiger partial charge is 0.381 e. The molecule has 1 aromatic rings. The van der Waals surface area contributed by atoms with Gasteiger partial charge in [0, 0.05) is 36.8 Å². The Balaban J connectivity index is 0.00000196. The van der Waals surface area contributed by atoms with Crippen LogP contribution in [0.2, 0.25) is 0 Å². The second-order valence-electron chi connectivity index (χ2n) is 7.99. The molecular weight excluding hydrogens is 348 g/mol. The number of halogens is 1. The van der Waals surface area contributed by atoms with Crippen molar-refractivity contribution in [1.29, 1.82) is 0 Å². The molecule has 144 valence electrons. The number of carbonyl (C=O) groups excluding carboxylic acids is 1. The molecule has 0 spiro atoms. The lowest BCUT2D eigenvalue weighted by Gasteiger charge is -2.22. The molecule has 2 aliphatic carbocycles. The molecule has 0 bridgehead atoms. The summed E-state index contributed by atoms with van der Waals surface area (Å²) in [6, 6.07) is 9.22. The van der Waals surface area contributed by atoms with Gasteiger partial charge < -0.3 is 15.4 Å². The van der Waals surface area contributed by atoms with Crippen molar-refractivity contribution in [2.45, 2.75) is 62.9 Å². The molecule has 1 aromatic carbocycles. The molecule has 1 aliphatic heterocycles. The van der Waals surface area contributed by atoms with Gasteiger partial charge in [0.15, 0.2) is 0 Å². The minimum absolute atomic E-state index is 0. The van der Waals surface area contributed by atoms with Crippen LogP contribution in [0, 0.1) is 5.92 Å². The summed E-state index contributed by atoms with van der Waals surface area (Å²) in [6.07, 6.45) is 8.30. The zero-order valence-electron chi connectivity index (χ0n) is 15.4. The Kier molecular flexibility index (Phi) is 6.96. The molecular formula is C21H31ClN2O2. The molecule has 2 saturated carbocycles. The summed E-state index contributed by atoms with van der Waals surface area (Å²) in [5, 5.41) is 6.92. The molecule has 1 saturated heterocycles. The SMILES string of the molecule is Cl.O=C(NC1CCCC1)c1cccc(C2CC2NCC2CCOCC2)c1. The zero-order chi connectivity index (χ0) is 17.1. The molecule has 4 rings (SSSR count). The van der Waals surface area contributed by atoms with Crippen LogP contribution in [0.3, 0.4) is 0 Å². The summed E-state index contributed by atoms with van der Waals surface area (Å²) in [5.74, 6) is 1.43. The van der Waals surface area contributed by atoms with E-state index in [0.717, 1.165) is 44.1 Å². The van der Waals surface area contributed by atoms with Crippen LogP contribution in [0.25, 0.3) is 0 Å². The number of amides is 1. The quantitative estimate of drug-likeness (QED) is 0.794. The topological polar surface area (TPSA) is 50.4 Å². The van der Waals surface area contributed by atoms with E-state index in [0.29, 0.717) is 18.0 Å². The minimum atomic E-state index is 0. The first-order chi connectivity index (χ1) is 12.3. The summed E-state index contributed by atoms with van der Waals surface area (Å²) in [7, 11) is 0. The maximum atomic E-state index is 12.5. The standard InChI is InChI=1S/C21H30N2O2.ClH/c24-21(23-18-6-1-2-7-18)17-5-3-4-16(12-17)19-13-20(19)22-14-15-8-10-25-11-9-15;/h3-5,12,15,18-20,22H,1-2,6-11,13-14H2,(H,23,24);1H. The third-order valence-electron chi connectivity index (χ3n) is 6.07. The molecule has 2 atom stereocenters. The van der Waals surface area contributed by atoms with Gasteiger partial charge in [-0.3, -0.25) is 4.79 Å². The molecule has 4 nitrogen and oxygen atoms in total. The van der Waals surface area contributed by atoms with Crippen molar-refractivity contribution in [2.24, 2.45) is 5.92 Å². The highest BCUT2D eigenvalue weighted by Crippen LogP contribution is 2.41. The fraction of sp³-hybridized carbons (Fsp3) is 0.667. The van der Waals surface area contributed by atoms with Crippen molar-refractivity contribution in [3.63, 3.8) is 0 Å². The van der Waals surface area contributed by atoms with E-state index in [1.54, 1.807) is 0 Å². The van der Waals surface area contributed by atoms with Crippen molar-refractivity contribution < 1.29 is 9.53 Å². The fourth-order valence-electron chi connectivity index (χ4n) is 4.31. The van der Waals surface area contributed by atoms with Crippen molar-refractivity contribution in [3.05, 3.63) is 35.4 Å². The van der Waals surface area contributed by atoms with Crippen LogP contribution in [-0.2, 0) is 4.74 Å². The van der Waals surface area contributed by atoms with Gasteiger partial charge in [-0.05, 0) is 62.3 Å². The van der Waals surface area contributed by atoms with Gasteiger partial charge in [-0.1, -0.05) is 25.0 Å². The Morgan fingerprint density at radius 2 is 1.88 bits per heavy atom. The van der Waals surface area contributed by atoms with Crippen LogP contribution in [-0.4, -0.2) is 37.7 Å². The minimum Gasteiger partial charge on any atom is -0.381 e. The van der Waals surface area contributed by atoms with Gasteiger partial charge in [-0.15, -0.1) is 12.4 Å². The van der Waals surface area contributed by atoms with Crippen LogP contribution in [0.15, 0.2) is 24.3 Å². The Bertz CT molecular complexity index is 597. The number of hydrogen-bond donors (Lipinski definition) is 2. The number of ether oxygens (including phenoxy) is 1. The Morgan fingerprint density at radius 3 is 2.65 bits per heavy atom. The molecule has 3 aliphatic rings. The van der Waals surface area contributed by atoms with Gasteiger partial charge in [0.1, 0.15) is 0 Å². The van der Waals surface area contributed by atoms with Gasteiger partial charge in [0.05, 0.1) is 0 Å². The predicted molar refractivity (Wildman–Crippen MR) is 106 cm³/mol. The third-order valence-corrected chi connectivity index (χ3v) is 6.07. The van der Waals surface area contributed by atoms with Crippen LogP contribution in [0.1, 0.15) is 66.8 Å². The lowest BCUT2D eigenvalue weighted by atomic mass is 10.0. The molecule has 0 aromatic heterocycles. The first-order valence-corrected chi connectivity index (χ1v) is 10.0. The van der Waals surface area contributed by atoms with Crippen LogP contribution < -0.4 is 10.6 Å². The van der Waals surface area contributed by atoms with E-state index < -0.39 is 0 Å². The van der Waals surface area contributed by atoms with Gasteiger partial charge in [0.2, 0.25) is 0 Å². The van der Waals surface area contributed by atoms with E-state index >= 15 is 0 Å². The summed E-state index contributed by atoms with van der Waals surface area (Å²) in [5.41, 5.74) is 2.13. The van der Waals surface area contributed by atoms with Gasteiger partial charge in [0.25, 0.3) is 5.91 Å². The van der Waals surface area contributed by atoms with E-state index in [1.807, 2.05) is 12.1 Å². The first kappa shape index (κ1) is 19.7. The Hall–Kier alpha value is -1.10. The molecule has 0 radical (unpaired) electrons. The lowest BCUT2D eigenvalue weighted by Crippen LogP contribution is -2.32. The molecule has 2 unspecified atom stereocenters. The van der Waals surface area contributed by atoms with E-state index in [-0.39, 0.29) is 18.3 Å². The maximum Gasteiger partial charge on any atom is 0.251 e. The summed E-state index contributed by atoms with van der Waals surface area (Å²) >= 11 is 0. The third kappa shape index (κ3) is 4.99. The predicted octanol–water partition coefficient (Wildman–Crippen LogP) is 3.65. The highest BCUT2D eigenvalue weighted by molar-refractivity contribution is 5.94. The van der Waals surface area contributed by atoms with Crippen molar-refractivity contribution in [3.8, 4) is 0 Å². The second-order valence-corrected chi connectivity index (χ2v) is 7.99. The molecule has 26 heavy (non-hydrogen) atoms. The van der Waals surface area contributed by atoms with Crippen molar-refractivity contribution in [2.75, 3.05) is 19.8 Å². The van der Waals surface area contributed by atoms with E-state index in [4.69, 9.17) is 4.74 Å². The average Bonchev–Trinajstić information content (AvgIpc) is 3.26. The van der Waals surface area contributed by atoms with Crippen molar-refractivity contribution >= 4 is 18.3 Å². The highest BCUT2D eigenvalue weighted by atomic mass is 35.5. The van der Waals surface area contributed by atoms with Gasteiger partial charge in [-0.25, -0.2) is 0 Å². The monoisotopic (exact) mass is 378 g/mol. The number of hydrogen-bond acceptors (Lipinski definition) is 3. The number of benzene rings is 1. The number of rotatable bonds is 6. The van der Waals surface area contributed by atoms with E-state index in [2.05, 4.69) is 22.8 Å². The lowest BCUT2D eigenvalue weighted by molar-refractivity contribution is 0.0662. The number of nitrogens with one attached hydrogen (secondary N) is 2. The van der Waals surface area contributed by atoms with Gasteiger partial charge in [-0.2, -0.15) is 0 Å². The van der Waals surface area contributed by atoms with Crippen molar-refractivity contribution in [1.82, 2.24) is 10.6 Å². The number of carbonyl (C=O) groups is 1. The average molecular weight is 379 g/mol. The smallest absolute Gasteiger partial charge is 0.251 e. The Labute approximate surface area is 162 Å². The van der Waals surface area contributed by atoms with Crippen LogP contribution in [0.5, 0.6) is 0 Å². The maximum absolute atomic E-state index is 12.5. The van der Waals surface area contributed by atoms with Crippen LogP contribution in [0.4, 0.5) is 0 Å². The fourth-order valence-corrected chi connectivity index (χ4v) is 4.31. The normalized spacial score (nSPS) is 26.3. The molecule has 2 N–H and O–H groups in total. The molecule has 1 heterocycles. The summed E-state index contributed by atoms with van der Waals surface area (Å²) < 4.78 is 5.43. The first-order valence-electron chi connectivity index (χ1n) is 10.0. The van der Waals surface area contributed by atoms with Crippen LogP contribution >= 0.6 is 12.4 Å². The Morgan fingerprint density at radius 1 is 1.12 bits per heavy atom. The summed E-state index contributed by atoms with van der Waals surface area (Å²) in [6.45, 7) is 2.93. The highest BCUT2D eigenvalue weighted by Gasteiger charge is 2.38. The molecule has 1 amide bonds. The van der Waals surface area contributed by atoms with E-state index in [1.165, 1.54) is 37.7 Å². The summed E-state index contributed by atoms with van der Waals surface area (Å²) in [4.78, 5) is 12.5. The molecule has 5 heteroatoms.